The Hall–Kier alpha value is -1.48. The molecule has 2 nitrogen and oxygen atoms in total. The highest BCUT2D eigenvalue weighted by Gasteiger charge is 2.04. The van der Waals surface area contributed by atoms with Gasteiger partial charge in [0.1, 0.15) is 0 Å². The Balaban J connectivity index is 2.31. The van der Waals surface area contributed by atoms with Crippen molar-refractivity contribution in [2.75, 3.05) is 5.73 Å². The van der Waals surface area contributed by atoms with E-state index in [1.165, 1.54) is 16.0 Å². The van der Waals surface area contributed by atoms with Crippen LogP contribution in [0.15, 0.2) is 46.5 Å². The molecule has 0 spiro atoms. The van der Waals surface area contributed by atoms with Gasteiger partial charge in [-0.05, 0) is 31.5 Å². The Labute approximate surface area is 99.9 Å². The van der Waals surface area contributed by atoms with Gasteiger partial charge in [0.2, 0.25) is 0 Å². The second-order valence-corrected chi connectivity index (χ2v) is 4.87. The SMILES string of the molecule is Cc1ccc(Sc2ccncc2N)c(C)c1. The van der Waals surface area contributed by atoms with Crippen molar-refractivity contribution >= 4 is 17.4 Å². The normalized spacial score (nSPS) is 10.4. The van der Waals surface area contributed by atoms with E-state index in [0.29, 0.717) is 0 Å². The lowest BCUT2D eigenvalue weighted by atomic mass is 10.2. The maximum Gasteiger partial charge on any atom is 0.0642 e. The topological polar surface area (TPSA) is 38.9 Å². The van der Waals surface area contributed by atoms with Gasteiger partial charge in [0.15, 0.2) is 0 Å². The fourth-order valence-corrected chi connectivity index (χ4v) is 2.41. The van der Waals surface area contributed by atoms with Crippen molar-refractivity contribution in [3.63, 3.8) is 0 Å². The highest BCUT2D eigenvalue weighted by Crippen LogP contribution is 2.33. The summed E-state index contributed by atoms with van der Waals surface area (Å²) in [5.41, 5.74) is 9.16. The number of rotatable bonds is 2. The fourth-order valence-electron chi connectivity index (χ4n) is 1.52. The quantitative estimate of drug-likeness (QED) is 0.859. The molecular formula is C13H14N2S. The number of hydrogen-bond acceptors (Lipinski definition) is 3. The van der Waals surface area contributed by atoms with Gasteiger partial charge >= 0.3 is 0 Å². The molecule has 0 aliphatic heterocycles. The number of aromatic nitrogens is 1. The average Bonchev–Trinajstić information content (AvgIpc) is 2.25. The van der Waals surface area contributed by atoms with Crippen molar-refractivity contribution in [2.45, 2.75) is 23.6 Å². The number of nitrogens with zero attached hydrogens (tertiary/aromatic N) is 1. The van der Waals surface area contributed by atoms with E-state index in [1.54, 1.807) is 24.2 Å². The van der Waals surface area contributed by atoms with Crippen molar-refractivity contribution in [3.8, 4) is 0 Å². The van der Waals surface area contributed by atoms with Gasteiger partial charge in [-0.3, -0.25) is 4.98 Å². The molecule has 0 unspecified atom stereocenters. The molecule has 0 fully saturated rings. The highest BCUT2D eigenvalue weighted by atomic mass is 32.2. The van der Waals surface area contributed by atoms with E-state index >= 15 is 0 Å². The molecule has 0 aliphatic carbocycles. The first-order valence-corrected chi connectivity index (χ1v) is 5.93. The summed E-state index contributed by atoms with van der Waals surface area (Å²) in [6, 6.07) is 8.38. The van der Waals surface area contributed by atoms with Crippen molar-refractivity contribution in [1.29, 1.82) is 0 Å². The van der Waals surface area contributed by atoms with Crippen LogP contribution < -0.4 is 5.73 Å². The first-order valence-electron chi connectivity index (χ1n) is 5.11. The van der Waals surface area contributed by atoms with E-state index in [2.05, 4.69) is 37.0 Å². The van der Waals surface area contributed by atoms with Crippen LogP contribution in [0, 0.1) is 13.8 Å². The number of benzene rings is 1. The monoisotopic (exact) mass is 230 g/mol. The molecule has 0 amide bonds. The van der Waals surface area contributed by atoms with Crippen LogP contribution in [0.1, 0.15) is 11.1 Å². The van der Waals surface area contributed by atoms with E-state index in [4.69, 9.17) is 5.73 Å². The Bertz CT molecular complexity index is 509. The predicted octanol–water partition coefficient (Wildman–Crippen LogP) is 3.43. The van der Waals surface area contributed by atoms with Gasteiger partial charge in [-0.25, -0.2) is 0 Å². The minimum Gasteiger partial charge on any atom is -0.397 e. The standard InChI is InChI=1S/C13H14N2S/c1-9-3-4-12(10(2)7-9)16-13-5-6-15-8-11(13)14/h3-8H,14H2,1-2H3. The molecule has 0 atom stereocenters. The van der Waals surface area contributed by atoms with E-state index in [1.807, 2.05) is 6.07 Å². The maximum absolute atomic E-state index is 5.87. The minimum absolute atomic E-state index is 0.729. The number of nitrogens with two attached hydrogens (primary N) is 1. The van der Waals surface area contributed by atoms with E-state index in [0.717, 1.165) is 10.6 Å². The van der Waals surface area contributed by atoms with Gasteiger partial charge in [0.05, 0.1) is 11.9 Å². The van der Waals surface area contributed by atoms with Crippen molar-refractivity contribution in [1.82, 2.24) is 4.98 Å². The lowest BCUT2D eigenvalue weighted by Crippen LogP contribution is -1.89. The Morgan fingerprint density at radius 2 is 1.94 bits per heavy atom. The minimum atomic E-state index is 0.729. The van der Waals surface area contributed by atoms with Gasteiger partial charge < -0.3 is 5.73 Å². The average molecular weight is 230 g/mol. The Morgan fingerprint density at radius 3 is 2.62 bits per heavy atom. The summed E-state index contributed by atoms with van der Waals surface area (Å²) in [5, 5.41) is 0. The van der Waals surface area contributed by atoms with Crippen LogP contribution in [-0.4, -0.2) is 4.98 Å². The van der Waals surface area contributed by atoms with E-state index < -0.39 is 0 Å². The summed E-state index contributed by atoms with van der Waals surface area (Å²) in [6.45, 7) is 4.22. The molecule has 0 saturated carbocycles. The van der Waals surface area contributed by atoms with Crippen LogP contribution >= 0.6 is 11.8 Å². The third kappa shape index (κ3) is 2.36. The molecule has 2 N–H and O–H groups in total. The van der Waals surface area contributed by atoms with Crippen LogP contribution in [0.2, 0.25) is 0 Å². The van der Waals surface area contributed by atoms with Gasteiger partial charge in [0, 0.05) is 16.0 Å². The lowest BCUT2D eigenvalue weighted by Gasteiger charge is -2.07. The molecule has 3 heteroatoms. The lowest BCUT2D eigenvalue weighted by molar-refractivity contribution is 1.24. The number of aryl methyl sites for hydroxylation is 2. The van der Waals surface area contributed by atoms with E-state index in [-0.39, 0.29) is 0 Å². The summed E-state index contributed by atoms with van der Waals surface area (Å²) in [7, 11) is 0. The molecule has 16 heavy (non-hydrogen) atoms. The molecule has 1 aromatic carbocycles. The molecule has 1 heterocycles. The number of hydrogen-bond donors (Lipinski definition) is 1. The highest BCUT2D eigenvalue weighted by molar-refractivity contribution is 7.99. The summed E-state index contributed by atoms with van der Waals surface area (Å²) >= 11 is 1.68. The Kier molecular flexibility index (Phi) is 3.15. The van der Waals surface area contributed by atoms with Crippen LogP contribution in [0.3, 0.4) is 0 Å². The zero-order valence-corrected chi connectivity index (χ0v) is 10.2. The smallest absolute Gasteiger partial charge is 0.0642 e. The molecule has 0 aliphatic rings. The van der Waals surface area contributed by atoms with Gasteiger partial charge in [-0.15, -0.1) is 0 Å². The van der Waals surface area contributed by atoms with E-state index in [9.17, 15) is 0 Å². The summed E-state index contributed by atoms with van der Waals surface area (Å²) in [6.07, 6.45) is 3.45. The van der Waals surface area contributed by atoms with Gasteiger partial charge in [-0.2, -0.15) is 0 Å². The third-order valence-electron chi connectivity index (χ3n) is 2.36. The predicted molar refractivity (Wildman–Crippen MR) is 68.7 cm³/mol. The van der Waals surface area contributed by atoms with Crippen LogP contribution in [0.5, 0.6) is 0 Å². The van der Waals surface area contributed by atoms with Gasteiger partial charge in [0.25, 0.3) is 0 Å². The molecule has 82 valence electrons. The number of pyridine rings is 1. The summed E-state index contributed by atoms with van der Waals surface area (Å²) < 4.78 is 0. The molecular weight excluding hydrogens is 216 g/mol. The first-order chi connectivity index (χ1) is 7.66. The maximum atomic E-state index is 5.87. The zero-order valence-electron chi connectivity index (χ0n) is 9.40. The van der Waals surface area contributed by atoms with Crippen molar-refractivity contribution in [3.05, 3.63) is 47.8 Å². The molecule has 0 saturated heterocycles. The number of nitrogen functional groups attached to an aromatic ring is 1. The number of anilines is 1. The second kappa shape index (κ2) is 4.58. The Morgan fingerprint density at radius 1 is 1.12 bits per heavy atom. The first kappa shape index (κ1) is 11.0. The molecule has 2 rings (SSSR count). The largest absolute Gasteiger partial charge is 0.397 e. The summed E-state index contributed by atoms with van der Waals surface area (Å²) in [4.78, 5) is 6.28. The zero-order chi connectivity index (χ0) is 11.5. The van der Waals surface area contributed by atoms with Crippen LogP contribution in [0.25, 0.3) is 0 Å². The molecule has 0 radical (unpaired) electrons. The third-order valence-corrected chi connectivity index (χ3v) is 3.63. The molecule has 2 aromatic rings. The van der Waals surface area contributed by atoms with Crippen LogP contribution in [-0.2, 0) is 0 Å². The molecule has 0 bridgehead atoms. The van der Waals surface area contributed by atoms with Crippen LogP contribution in [0.4, 0.5) is 5.69 Å². The molecule has 1 aromatic heterocycles. The van der Waals surface area contributed by atoms with Crippen molar-refractivity contribution < 1.29 is 0 Å². The van der Waals surface area contributed by atoms with Gasteiger partial charge in [-0.1, -0.05) is 29.5 Å². The fraction of sp³-hybridized carbons (Fsp3) is 0.154. The second-order valence-electron chi connectivity index (χ2n) is 3.78. The van der Waals surface area contributed by atoms with Crippen molar-refractivity contribution in [2.24, 2.45) is 0 Å². The summed E-state index contributed by atoms with van der Waals surface area (Å²) in [5.74, 6) is 0.